The molecule has 0 aliphatic heterocycles. The van der Waals surface area contributed by atoms with Crippen LogP contribution in [0, 0.1) is 0 Å². The Morgan fingerprint density at radius 3 is 2.63 bits per heavy atom. The monoisotopic (exact) mass is 389 g/mol. The quantitative estimate of drug-likeness (QED) is 0.608. The van der Waals surface area contributed by atoms with E-state index in [1.807, 2.05) is 0 Å². The molecule has 0 unspecified atom stereocenters. The number of benzene rings is 1. The number of aliphatic hydroxyl groups excluding tert-OH is 1. The molecule has 0 radical (unpaired) electrons. The fraction of sp³-hybridized carbons (Fsp3) is 0.222. The third kappa shape index (κ3) is 4.63. The molecule has 2 aromatic heterocycles. The highest BCUT2D eigenvalue weighted by molar-refractivity contribution is 7.91. The van der Waals surface area contributed by atoms with Crippen LogP contribution in [0.5, 0.6) is 0 Å². The lowest BCUT2D eigenvalue weighted by Gasteiger charge is -2.08. The zero-order valence-corrected chi connectivity index (χ0v) is 15.2. The summed E-state index contributed by atoms with van der Waals surface area (Å²) in [5.74, 6) is 0.119. The van der Waals surface area contributed by atoms with Gasteiger partial charge in [0.2, 0.25) is 5.91 Å². The summed E-state index contributed by atoms with van der Waals surface area (Å²) in [6, 6.07) is 13.0. The molecule has 0 saturated heterocycles. The van der Waals surface area contributed by atoms with Crippen molar-refractivity contribution in [1.82, 2.24) is 9.78 Å². The SMILES string of the molecule is O=C(CCS(=O)(=O)c1ccccc1)Nc1cc(-c2ccco2)nn1CCO. The molecule has 2 heterocycles. The van der Waals surface area contributed by atoms with Gasteiger partial charge in [-0.3, -0.25) is 4.79 Å². The second kappa shape index (κ2) is 8.19. The van der Waals surface area contributed by atoms with Crippen LogP contribution in [0.25, 0.3) is 11.5 Å². The third-order valence-electron chi connectivity index (χ3n) is 3.83. The molecule has 0 spiro atoms. The number of rotatable bonds is 8. The standard InChI is InChI=1S/C18H19N3O5S/c22-10-9-21-17(13-15(20-21)16-7-4-11-26-16)19-18(23)8-12-27(24,25)14-5-2-1-3-6-14/h1-7,11,13,22H,8-10,12H2,(H,19,23). The minimum Gasteiger partial charge on any atom is -0.463 e. The van der Waals surface area contributed by atoms with Gasteiger partial charge in [0.15, 0.2) is 15.6 Å². The summed E-state index contributed by atoms with van der Waals surface area (Å²) >= 11 is 0. The normalized spacial score (nSPS) is 11.4. The molecule has 1 amide bonds. The number of aliphatic hydroxyl groups is 1. The first-order chi connectivity index (χ1) is 13.0. The van der Waals surface area contributed by atoms with E-state index in [4.69, 9.17) is 4.42 Å². The van der Waals surface area contributed by atoms with E-state index in [1.165, 1.54) is 23.1 Å². The van der Waals surface area contributed by atoms with Crippen LogP contribution in [0.2, 0.25) is 0 Å². The molecule has 0 saturated carbocycles. The lowest BCUT2D eigenvalue weighted by atomic mass is 10.3. The molecular formula is C18H19N3O5S. The average Bonchev–Trinajstić information content (AvgIpc) is 3.32. The van der Waals surface area contributed by atoms with Crippen LogP contribution in [0.3, 0.4) is 0 Å². The molecule has 0 aliphatic rings. The molecule has 8 nitrogen and oxygen atoms in total. The summed E-state index contributed by atoms with van der Waals surface area (Å²) in [6.45, 7) is 0.0170. The molecule has 3 rings (SSSR count). The van der Waals surface area contributed by atoms with Crippen molar-refractivity contribution in [2.45, 2.75) is 17.9 Å². The van der Waals surface area contributed by atoms with Crippen LogP contribution in [-0.2, 0) is 21.2 Å². The van der Waals surface area contributed by atoms with E-state index in [2.05, 4.69) is 10.4 Å². The van der Waals surface area contributed by atoms with E-state index in [0.29, 0.717) is 17.3 Å². The van der Waals surface area contributed by atoms with Crippen molar-refractivity contribution in [3.8, 4) is 11.5 Å². The highest BCUT2D eigenvalue weighted by atomic mass is 32.2. The van der Waals surface area contributed by atoms with Gasteiger partial charge < -0.3 is 14.8 Å². The summed E-state index contributed by atoms with van der Waals surface area (Å²) in [4.78, 5) is 12.4. The maximum absolute atomic E-state index is 12.3. The molecule has 1 aromatic carbocycles. The van der Waals surface area contributed by atoms with E-state index in [1.54, 1.807) is 36.4 Å². The summed E-state index contributed by atoms with van der Waals surface area (Å²) in [7, 11) is -3.54. The molecule has 0 aliphatic carbocycles. The van der Waals surface area contributed by atoms with Gasteiger partial charge in [-0.15, -0.1) is 0 Å². The summed E-state index contributed by atoms with van der Waals surface area (Å²) in [5, 5.41) is 16.1. The topological polar surface area (TPSA) is 114 Å². The number of carbonyl (C=O) groups excluding carboxylic acids is 1. The van der Waals surface area contributed by atoms with E-state index in [-0.39, 0.29) is 30.2 Å². The van der Waals surface area contributed by atoms with Gasteiger partial charge in [0.05, 0.1) is 30.1 Å². The molecule has 9 heteroatoms. The molecule has 0 fully saturated rings. The number of hydrogen-bond acceptors (Lipinski definition) is 6. The maximum atomic E-state index is 12.3. The predicted molar refractivity (Wildman–Crippen MR) is 98.8 cm³/mol. The molecule has 3 aromatic rings. The fourth-order valence-corrected chi connectivity index (χ4v) is 3.77. The Balaban J connectivity index is 1.68. The first kappa shape index (κ1) is 18.9. The summed E-state index contributed by atoms with van der Waals surface area (Å²) in [6.07, 6.45) is 1.31. The van der Waals surface area contributed by atoms with Gasteiger partial charge in [-0.25, -0.2) is 13.1 Å². The van der Waals surface area contributed by atoms with Crippen molar-refractivity contribution in [3.63, 3.8) is 0 Å². The Hall–Kier alpha value is -2.91. The van der Waals surface area contributed by atoms with Gasteiger partial charge in [0, 0.05) is 12.5 Å². The fourth-order valence-electron chi connectivity index (χ4n) is 2.51. The maximum Gasteiger partial charge on any atom is 0.226 e. The highest BCUT2D eigenvalue weighted by Gasteiger charge is 2.18. The number of aromatic nitrogens is 2. The van der Waals surface area contributed by atoms with Crippen LogP contribution in [-0.4, -0.2) is 41.6 Å². The van der Waals surface area contributed by atoms with Crippen LogP contribution in [0.4, 0.5) is 5.82 Å². The Morgan fingerprint density at radius 1 is 1.19 bits per heavy atom. The Labute approximate surface area is 156 Å². The van der Waals surface area contributed by atoms with Crippen molar-refractivity contribution in [2.24, 2.45) is 0 Å². The van der Waals surface area contributed by atoms with Crippen molar-refractivity contribution in [1.29, 1.82) is 0 Å². The van der Waals surface area contributed by atoms with Gasteiger partial charge in [0.1, 0.15) is 11.5 Å². The first-order valence-corrected chi connectivity index (χ1v) is 9.95. The Morgan fingerprint density at radius 2 is 1.96 bits per heavy atom. The van der Waals surface area contributed by atoms with E-state index in [0.717, 1.165) is 0 Å². The van der Waals surface area contributed by atoms with Crippen LogP contribution in [0.1, 0.15) is 6.42 Å². The van der Waals surface area contributed by atoms with E-state index in [9.17, 15) is 18.3 Å². The van der Waals surface area contributed by atoms with Gasteiger partial charge >= 0.3 is 0 Å². The molecule has 0 atom stereocenters. The van der Waals surface area contributed by atoms with Crippen molar-refractivity contribution in [3.05, 3.63) is 54.8 Å². The zero-order chi connectivity index (χ0) is 19.3. The minimum atomic E-state index is -3.54. The number of hydrogen-bond donors (Lipinski definition) is 2. The number of nitrogens with one attached hydrogen (secondary N) is 1. The Bertz CT molecular complexity index is 995. The van der Waals surface area contributed by atoms with Crippen LogP contribution < -0.4 is 5.32 Å². The van der Waals surface area contributed by atoms with E-state index >= 15 is 0 Å². The largest absolute Gasteiger partial charge is 0.463 e. The number of carbonyl (C=O) groups is 1. The predicted octanol–water partition coefficient (Wildman–Crippen LogP) is 1.94. The van der Waals surface area contributed by atoms with Gasteiger partial charge in [0.25, 0.3) is 0 Å². The lowest BCUT2D eigenvalue weighted by Crippen LogP contribution is -2.20. The van der Waals surface area contributed by atoms with Gasteiger partial charge in [-0.1, -0.05) is 18.2 Å². The van der Waals surface area contributed by atoms with Crippen molar-refractivity contribution < 1.29 is 22.7 Å². The van der Waals surface area contributed by atoms with Gasteiger partial charge in [-0.05, 0) is 24.3 Å². The zero-order valence-electron chi connectivity index (χ0n) is 14.4. The number of anilines is 1. The smallest absolute Gasteiger partial charge is 0.226 e. The molecule has 27 heavy (non-hydrogen) atoms. The molecule has 0 bridgehead atoms. The second-order valence-electron chi connectivity index (χ2n) is 5.77. The van der Waals surface area contributed by atoms with E-state index < -0.39 is 15.7 Å². The Kier molecular flexibility index (Phi) is 5.72. The summed E-state index contributed by atoms with van der Waals surface area (Å²) < 4.78 is 31.3. The van der Waals surface area contributed by atoms with Crippen molar-refractivity contribution in [2.75, 3.05) is 17.7 Å². The van der Waals surface area contributed by atoms with Crippen molar-refractivity contribution >= 4 is 21.6 Å². The first-order valence-electron chi connectivity index (χ1n) is 8.30. The average molecular weight is 389 g/mol. The lowest BCUT2D eigenvalue weighted by molar-refractivity contribution is -0.115. The van der Waals surface area contributed by atoms with Crippen LogP contribution in [0.15, 0.2) is 64.1 Å². The highest BCUT2D eigenvalue weighted by Crippen LogP contribution is 2.22. The minimum absolute atomic E-state index is 0.162. The third-order valence-corrected chi connectivity index (χ3v) is 5.57. The number of sulfone groups is 1. The summed E-state index contributed by atoms with van der Waals surface area (Å²) in [5.41, 5.74) is 0.501. The molecule has 2 N–H and O–H groups in total. The number of amides is 1. The number of furan rings is 1. The number of nitrogens with zero attached hydrogens (tertiary/aromatic N) is 2. The molecular weight excluding hydrogens is 370 g/mol. The van der Waals surface area contributed by atoms with Gasteiger partial charge in [-0.2, -0.15) is 5.10 Å². The van der Waals surface area contributed by atoms with Crippen LogP contribution >= 0.6 is 0 Å². The second-order valence-corrected chi connectivity index (χ2v) is 7.88. The molecule has 142 valence electrons.